The van der Waals surface area contributed by atoms with E-state index in [0.29, 0.717) is 56.5 Å². The van der Waals surface area contributed by atoms with Crippen molar-refractivity contribution < 1.29 is 18.7 Å². The Balaban J connectivity index is 1.66. The van der Waals surface area contributed by atoms with Gasteiger partial charge in [-0.3, -0.25) is 9.59 Å². The van der Waals surface area contributed by atoms with Crippen molar-refractivity contribution in [2.75, 3.05) is 51.3 Å². The third kappa shape index (κ3) is 4.69. The molecule has 0 aliphatic carbocycles. The number of anilines is 1. The number of nitrogens with one attached hydrogen (secondary N) is 1. The Morgan fingerprint density at radius 3 is 2.68 bits per heavy atom. The predicted octanol–water partition coefficient (Wildman–Crippen LogP) is 1.71. The van der Waals surface area contributed by atoms with E-state index < -0.39 is 0 Å². The number of nitrogens with zero attached hydrogens (tertiary/aromatic N) is 3. The molecule has 0 bridgehead atoms. The molecule has 1 aliphatic heterocycles. The molecule has 0 aromatic carbocycles. The number of ether oxygens (including phenoxy) is 1. The van der Waals surface area contributed by atoms with E-state index in [-0.39, 0.29) is 11.8 Å². The van der Waals surface area contributed by atoms with Crippen LogP contribution in [0.25, 0.3) is 0 Å². The summed E-state index contributed by atoms with van der Waals surface area (Å²) < 4.78 is 10.2. The number of aryl methyl sites for hydroxylation is 1. The summed E-state index contributed by atoms with van der Waals surface area (Å²) >= 11 is 0. The summed E-state index contributed by atoms with van der Waals surface area (Å²) in [5.74, 6) is 0.748. The number of piperazine rings is 1. The Morgan fingerprint density at radius 2 is 2.00 bits per heavy atom. The fraction of sp³-hybridized carbons (Fsp3) is 0.450. The molecule has 8 nitrogen and oxygen atoms in total. The number of furan rings is 1. The van der Waals surface area contributed by atoms with Crippen LogP contribution < -0.4 is 10.2 Å². The first kappa shape index (κ1) is 19.9. The highest BCUT2D eigenvalue weighted by Gasteiger charge is 2.26. The quantitative estimate of drug-likeness (QED) is 0.729. The summed E-state index contributed by atoms with van der Waals surface area (Å²) in [6.45, 7) is 5.35. The van der Waals surface area contributed by atoms with Crippen molar-refractivity contribution in [1.82, 2.24) is 15.2 Å². The average molecular weight is 386 g/mol. The van der Waals surface area contributed by atoms with E-state index in [2.05, 4.69) is 15.2 Å². The maximum Gasteiger partial charge on any atom is 0.289 e. The third-order valence-electron chi connectivity index (χ3n) is 4.67. The molecule has 2 amide bonds. The number of carbonyl (C=O) groups excluding carboxylic acids is 2. The Bertz CT molecular complexity index is 799. The first-order valence-electron chi connectivity index (χ1n) is 9.42. The highest BCUT2D eigenvalue weighted by Crippen LogP contribution is 2.21. The largest absolute Gasteiger partial charge is 0.459 e. The predicted molar refractivity (Wildman–Crippen MR) is 105 cm³/mol. The number of hydrogen-bond acceptors (Lipinski definition) is 6. The van der Waals surface area contributed by atoms with Crippen molar-refractivity contribution in [3.8, 4) is 0 Å². The summed E-state index contributed by atoms with van der Waals surface area (Å²) in [7, 11) is 1.64. The maximum atomic E-state index is 12.6. The number of carbonyl (C=O) groups is 2. The summed E-state index contributed by atoms with van der Waals surface area (Å²) in [5.41, 5.74) is 1.40. The van der Waals surface area contributed by atoms with E-state index in [1.165, 1.54) is 6.26 Å². The van der Waals surface area contributed by atoms with E-state index in [9.17, 15) is 9.59 Å². The number of amides is 2. The van der Waals surface area contributed by atoms with Crippen LogP contribution in [-0.4, -0.2) is 68.1 Å². The van der Waals surface area contributed by atoms with Gasteiger partial charge in [0.1, 0.15) is 5.82 Å². The van der Waals surface area contributed by atoms with Crippen LogP contribution in [0.4, 0.5) is 5.82 Å². The van der Waals surface area contributed by atoms with E-state index >= 15 is 0 Å². The van der Waals surface area contributed by atoms with Gasteiger partial charge in [-0.1, -0.05) is 0 Å². The molecule has 2 aromatic heterocycles. The van der Waals surface area contributed by atoms with Crippen molar-refractivity contribution in [3.05, 3.63) is 47.5 Å². The van der Waals surface area contributed by atoms with Gasteiger partial charge in [-0.25, -0.2) is 4.98 Å². The molecule has 0 spiro atoms. The van der Waals surface area contributed by atoms with Gasteiger partial charge in [0.05, 0.1) is 11.8 Å². The highest BCUT2D eigenvalue weighted by molar-refractivity contribution is 5.99. The van der Waals surface area contributed by atoms with Gasteiger partial charge in [0.2, 0.25) is 0 Å². The molecule has 1 N–H and O–H groups in total. The number of pyridine rings is 1. The molecule has 0 unspecified atom stereocenters. The zero-order valence-electron chi connectivity index (χ0n) is 16.3. The molecule has 3 rings (SSSR count). The Hall–Kier alpha value is -2.87. The van der Waals surface area contributed by atoms with E-state index in [0.717, 1.165) is 12.1 Å². The second kappa shape index (κ2) is 9.36. The summed E-state index contributed by atoms with van der Waals surface area (Å²) in [4.78, 5) is 33.5. The summed E-state index contributed by atoms with van der Waals surface area (Å²) in [5, 5.41) is 2.92. The first-order chi connectivity index (χ1) is 13.6. The van der Waals surface area contributed by atoms with Crippen LogP contribution in [0, 0.1) is 6.92 Å². The van der Waals surface area contributed by atoms with Crippen molar-refractivity contribution >= 4 is 17.6 Å². The van der Waals surface area contributed by atoms with E-state index in [1.807, 2.05) is 19.1 Å². The molecule has 0 atom stereocenters. The van der Waals surface area contributed by atoms with Crippen LogP contribution >= 0.6 is 0 Å². The van der Waals surface area contributed by atoms with Crippen molar-refractivity contribution in [3.63, 3.8) is 0 Å². The van der Waals surface area contributed by atoms with Gasteiger partial charge in [0.25, 0.3) is 11.8 Å². The van der Waals surface area contributed by atoms with E-state index in [1.54, 1.807) is 24.1 Å². The number of aromatic nitrogens is 1. The molecule has 2 aromatic rings. The Labute approximate surface area is 164 Å². The average Bonchev–Trinajstić information content (AvgIpc) is 3.25. The van der Waals surface area contributed by atoms with Gasteiger partial charge >= 0.3 is 0 Å². The number of rotatable bonds is 7. The molecule has 1 fully saturated rings. The van der Waals surface area contributed by atoms with E-state index in [4.69, 9.17) is 9.15 Å². The first-order valence-corrected chi connectivity index (χ1v) is 9.42. The van der Waals surface area contributed by atoms with Gasteiger partial charge < -0.3 is 24.3 Å². The lowest BCUT2D eigenvalue weighted by atomic mass is 10.1. The zero-order valence-corrected chi connectivity index (χ0v) is 16.3. The van der Waals surface area contributed by atoms with Crippen LogP contribution in [0.5, 0.6) is 0 Å². The molecule has 1 saturated heterocycles. The standard InChI is InChI=1S/C20H26N4O4/c1-15-6-7-16(19(25)21-8-4-13-27-2)18(22-15)23-9-11-24(12-10-23)20(26)17-5-3-14-28-17/h3,5-7,14H,4,8-13H2,1-2H3,(H,21,25). The Kier molecular flexibility index (Phi) is 6.65. The maximum absolute atomic E-state index is 12.6. The Morgan fingerprint density at radius 1 is 1.21 bits per heavy atom. The third-order valence-corrected chi connectivity index (χ3v) is 4.67. The summed E-state index contributed by atoms with van der Waals surface area (Å²) in [6.07, 6.45) is 2.25. The molecular formula is C20H26N4O4. The fourth-order valence-electron chi connectivity index (χ4n) is 3.15. The van der Waals surface area contributed by atoms with Crippen LogP contribution in [0.1, 0.15) is 33.0 Å². The second-order valence-electron chi connectivity index (χ2n) is 6.68. The molecule has 0 radical (unpaired) electrons. The normalized spacial score (nSPS) is 14.2. The van der Waals surface area contributed by atoms with Gasteiger partial charge in [0, 0.05) is 52.1 Å². The zero-order chi connectivity index (χ0) is 19.9. The van der Waals surface area contributed by atoms with Crippen molar-refractivity contribution in [2.24, 2.45) is 0 Å². The lowest BCUT2D eigenvalue weighted by Gasteiger charge is -2.35. The number of hydrogen-bond donors (Lipinski definition) is 1. The molecule has 150 valence electrons. The SMILES string of the molecule is COCCCNC(=O)c1ccc(C)nc1N1CCN(C(=O)c2ccco2)CC1. The van der Waals surface area contributed by atoms with Gasteiger partial charge in [-0.05, 0) is 37.6 Å². The molecule has 28 heavy (non-hydrogen) atoms. The molecule has 0 saturated carbocycles. The minimum atomic E-state index is -0.146. The lowest BCUT2D eigenvalue weighted by molar-refractivity contribution is 0.0713. The van der Waals surface area contributed by atoms with Crippen LogP contribution in [0.2, 0.25) is 0 Å². The van der Waals surface area contributed by atoms with Gasteiger partial charge in [-0.2, -0.15) is 0 Å². The smallest absolute Gasteiger partial charge is 0.289 e. The van der Waals surface area contributed by atoms with Crippen LogP contribution in [0.3, 0.4) is 0 Å². The minimum Gasteiger partial charge on any atom is -0.459 e. The van der Waals surface area contributed by atoms with Gasteiger partial charge in [0.15, 0.2) is 5.76 Å². The highest BCUT2D eigenvalue weighted by atomic mass is 16.5. The summed E-state index contributed by atoms with van der Waals surface area (Å²) in [6, 6.07) is 7.02. The topological polar surface area (TPSA) is 87.9 Å². The minimum absolute atomic E-state index is 0.113. The van der Waals surface area contributed by atoms with Crippen molar-refractivity contribution in [1.29, 1.82) is 0 Å². The van der Waals surface area contributed by atoms with Crippen LogP contribution in [0.15, 0.2) is 34.9 Å². The molecule has 1 aliphatic rings. The van der Waals surface area contributed by atoms with Gasteiger partial charge in [-0.15, -0.1) is 0 Å². The number of methoxy groups -OCH3 is 1. The molecular weight excluding hydrogens is 360 g/mol. The fourth-order valence-corrected chi connectivity index (χ4v) is 3.15. The molecule has 8 heteroatoms. The molecule has 3 heterocycles. The monoisotopic (exact) mass is 386 g/mol. The lowest BCUT2D eigenvalue weighted by Crippen LogP contribution is -2.49. The van der Waals surface area contributed by atoms with Crippen molar-refractivity contribution in [2.45, 2.75) is 13.3 Å². The second-order valence-corrected chi connectivity index (χ2v) is 6.68. The van der Waals surface area contributed by atoms with Crippen LogP contribution in [-0.2, 0) is 4.74 Å².